The number of hydrogen-bond donors (Lipinski definition) is 1. The minimum atomic E-state index is -0.156. The first-order valence-electron chi connectivity index (χ1n) is 9.48. The average molecular weight is 405 g/mol. The Morgan fingerprint density at radius 1 is 1.43 bits per heavy atom. The molecule has 1 aliphatic heterocycles. The number of aliphatic imine (C=N–C) groups is 1. The lowest BCUT2D eigenvalue weighted by molar-refractivity contribution is -0.145. The Morgan fingerprint density at radius 2 is 2.25 bits per heavy atom. The SMILES string of the molecule is COC(=O)C1CN(C(=NCc2nnc(C)n2C)NCCc2cccs2)CC1C. The van der Waals surface area contributed by atoms with Crippen molar-refractivity contribution in [2.24, 2.45) is 23.9 Å². The molecule has 8 nitrogen and oxygen atoms in total. The van der Waals surface area contributed by atoms with Crippen molar-refractivity contribution < 1.29 is 9.53 Å². The lowest BCUT2D eigenvalue weighted by Crippen LogP contribution is -2.41. The van der Waals surface area contributed by atoms with E-state index in [0.717, 1.165) is 37.1 Å². The second-order valence-electron chi connectivity index (χ2n) is 7.13. The molecule has 3 rings (SSSR count). The topological polar surface area (TPSA) is 84.6 Å². The van der Waals surface area contributed by atoms with Crippen LogP contribution in [0.2, 0.25) is 0 Å². The molecule has 9 heteroatoms. The first-order valence-corrected chi connectivity index (χ1v) is 10.4. The summed E-state index contributed by atoms with van der Waals surface area (Å²) in [4.78, 5) is 20.3. The molecule has 2 aromatic rings. The molecular formula is C19H28N6O2S. The molecule has 0 amide bonds. The van der Waals surface area contributed by atoms with E-state index >= 15 is 0 Å². The molecule has 2 unspecified atom stereocenters. The number of rotatable bonds is 6. The summed E-state index contributed by atoms with van der Waals surface area (Å²) in [6.07, 6.45) is 0.934. The van der Waals surface area contributed by atoms with Crippen LogP contribution in [0.25, 0.3) is 0 Å². The Balaban J connectivity index is 1.71. The van der Waals surface area contributed by atoms with Crippen LogP contribution in [-0.4, -0.2) is 58.3 Å². The van der Waals surface area contributed by atoms with Crippen molar-refractivity contribution in [3.05, 3.63) is 34.0 Å². The van der Waals surface area contributed by atoms with Crippen LogP contribution in [0.4, 0.5) is 0 Å². The van der Waals surface area contributed by atoms with Crippen molar-refractivity contribution in [1.82, 2.24) is 25.0 Å². The summed E-state index contributed by atoms with van der Waals surface area (Å²) in [6, 6.07) is 4.20. The van der Waals surface area contributed by atoms with Crippen molar-refractivity contribution in [2.75, 3.05) is 26.7 Å². The standard InChI is InChI=1S/C19H28N6O2S/c1-13-11-25(12-16(13)18(26)27-4)19(20-8-7-15-6-5-9-28-15)21-10-17-23-22-14(2)24(17)3/h5-6,9,13,16H,7-8,10-12H2,1-4H3,(H,20,21). The average Bonchev–Trinajstić information content (AvgIpc) is 3.41. The third-order valence-corrected chi connectivity index (χ3v) is 6.14. The number of carbonyl (C=O) groups is 1. The fourth-order valence-corrected chi connectivity index (χ4v) is 4.06. The number of nitrogens with one attached hydrogen (secondary N) is 1. The zero-order valence-corrected chi connectivity index (χ0v) is 17.7. The summed E-state index contributed by atoms with van der Waals surface area (Å²) in [6.45, 7) is 6.59. The lowest BCUT2D eigenvalue weighted by Gasteiger charge is -2.22. The molecule has 1 aliphatic rings. The highest BCUT2D eigenvalue weighted by atomic mass is 32.1. The van der Waals surface area contributed by atoms with Gasteiger partial charge in [0.2, 0.25) is 0 Å². The van der Waals surface area contributed by atoms with Gasteiger partial charge in [-0.25, -0.2) is 4.99 Å². The van der Waals surface area contributed by atoms with Crippen molar-refractivity contribution in [3.8, 4) is 0 Å². The molecule has 1 saturated heterocycles. The highest BCUT2D eigenvalue weighted by Crippen LogP contribution is 2.24. The number of guanidine groups is 1. The van der Waals surface area contributed by atoms with Crippen molar-refractivity contribution in [3.63, 3.8) is 0 Å². The van der Waals surface area contributed by atoms with Gasteiger partial charge in [0.15, 0.2) is 11.8 Å². The van der Waals surface area contributed by atoms with Gasteiger partial charge in [-0.05, 0) is 30.7 Å². The first kappa shape index (κ1) is 20.3. The van der Waals surface area contributed by atoms with E-state index in [-0.39, 0.29) is 17.8 Å². The number of carbonyl (C=O) groups excluding carboxylic acids is 1. The van der Waals surface area contributed by atoms with Gasteiger partial charge < -0.3 is 19.5 Å². The largest absolute Gasteiger partial charge is 0.469 e. The number of methoxy groups -OCH3 is 1. The van der Waals surface area contributed by atoms with Crippen molar-refractivity contribution in [2.45, 2.75) is 26.8 Å². The molecule has 1 fully saturated rings. The van der Waals surface area contributed by atoms with Gasteiger partial charge in [0.25, 0.3) is 0 Å². The fraction of sp³-hybridized carbons (Fsp3) is 0.579. The highest BCUT2D eigenvalue weighted by Gasteiger charge is 2.37. The number of thiophene rings is 1. The molecule has 2 aromatic heterocycles. The normalized spacial score (nSPS) is 19.9. The summed E-state index contributed by atoms with van der Waals surface area (Å²) in [5.41, 5.74) is 0. The molecule has 0 aromatic carbocycles. The van der Waals surface area contributed by atoms with Crippen LogP contribution in [-0.2, 0) is 29.5 Å². The van der Waals surface area contributed by atoms with Gasteiger partial charge in [0.1, 0.15) is 12.4 Å². The van der Waals surface area contributed by atoms with Gasteiger partial charge in [-0.3, -0.25) is 4.79 Å². The second kappa shape index (κ2) is 9.18. The molecule has 0 saturated carbocycles. The number of aryl methyl sites for hydroxylation is 1. The Kier molecular flexibility index (Phi) is 6.66. The lowest BCUT2D eigenvalue weighted by atomic mass is 9.99. The van der Waals surface area contributed by atoms with Crippen LogP contribution in [0, 0.1) is 18.8 Å². The number of nitrogens with zero attached hydrogens (tertiary/aromatic N) is 5. The zero-order valence-electron chi connectivity index (χ0n) is 16.9. The van der Waals surface area contributed by atoms with Crippen LogP contribution < -0.4 is 5.32 Å². The van der Waals surface area contributed by atoms with Crippen LogP contribution in [0.5, 0.6) is 0 Å². The molecule has 0 bridgehead atoms. The van der Waals surface area contributed by atoms with Gasteiger partial charge in [-0.2, -0.15) is 0 Å². The predicted molar refractivity (Wildman–Crippen MR) is 109 cm³/mol. The molecular weight excluding hydrogens is 376 g/mol. The van der Waals surface area contributed by atoms with E-state index in [9.17, 15) is 4.79 Å². The number of esters is 1. The fourth-order valence-electron chi connectivity index (χ4n) is 3.35. The Hall–Kier alpha value is -2.42. The van der Waals surface area contributed by atoms with Gasteiger partial charge in [0.05, 0.1) is 13.0 Å². The number of ether oxygens (including phenoxy) is 1. The molecule has 2 atom stereocenters. The maximum absolute atomic E-state index is 12.1. The van der Waals surface area contributed by atoms with Crippen LogP contribution in [0.15, 0.2) is 22.5 Å². The summed E-state index contributed by atoms with van der Waals surface area (Å²) in [7, 11) is 3.39. The molecule has 0 spiro atoms. The van der Waals surface area contributed by atoms with Gasteiger partial charge >= 0.3 is 5.97 Å². The molecule has 1 N–H and O–H groups in total. The Labute approximate surface area is 169 Å². The number of aromatic nitrogens is 3. The van der Waals surface area contributed by atoms with Crippen molar-refractivity contribution >= 4 is 23.3 Å². The predicted octanol–water partition coefficient (Wildman–Crippen LogP) is 1.61. The number of likely N-dealkylation sites (tertiary alicyclic amines) is 1. The summed E-state index contributed by atoms with van der Waals surface area (Å²) in [5, 5.41) is 13.8. The number of hydrogen-bond acceptors (Lipinski definition) is 6. The maximum Gasteiger partial charge on any atom is 0.310 e. The van der Waals surface area contributed by atoms with E-state index in [1.165, 1.54) is 12.0 Å². The molecule has 3 heterocycles. The van der Waals surface area contributed by atoms with Crippen LogP contribution in [0.1, 0.15) is 23.4 Å². The third kappa shape index (κ3) is 4.70. The highest BCUT2D eigenvalue weighted by molar-refractivity contribution is 7.09. The molecule has 0 aliphatic carbocycles. The smallest absolute Gasteiger partial charge is 0.310 e. The minimum Gasteiger partial charge on any atom is -0.469 e. The van der Waals surface area contributed by atoms with E-state index in [0.29, 0.717) is 13.1 Å². The molecule has 0 radical (unpaired) electrons. The van der Waals surface area contributed by atoms with Gasteiger partial charge in [-0.1, -0.05) is 13.0 Å². The van der Waals surface area contributed by atoms with E-state index < -0.39 is 0 Å². The van der Waals surface area contributed by atoms with Gasteiger partial charge in [0, 0.05) is 31.6 Å². The quantitative estimate of drug-likeness (QED) is 0.447. The Morgan fingerprint density at radius 3 is 2.89 bits per heavy atom. The Bertz CT molecular complexity index is 817. The molecule has 28 heavy (non-hydrogen) atoms. The van der Waals surface area contributed by atoms with Crippen LogP contribution >= 0.6 is 11.3 Å². The molecule has 152 valence electrons. The van der Waals surface area contributed by atoms with Crippen LogP contribution in [0.3, 0.4) is 0 Å². The van der Waals surface area contributed by atoms with Gasteiger partial charge in [-0.15, -0.1) is 21.5 Å². The minimum absolute atomic E-state index is 0.133. The zero-order chi connectivity index (χ0) is 20.1. The summed E-state index contributed by atoms with van der Waals surface area (Å²) < 4.78 is 6.91. The van der Waals surface area contributed by atoms with E-state index in [4.69, 9.17) is 9.73 Å². The third-order valence-electron chi connectivity index (χ3n) is 5.20. The van der Waals surface area contributed by atoms with E-state index in [1.807, 2.05) is 18.5 Å². The van der Waals surface area contributed by atoms with Crippen molar-refractivity contribution in [1.29, 1.82) is 0 Å². The summed E-state index contributed by atoms with van der Waals surface area (Å²) >= 11 is 1.75. The van der Waals surface area contributed by atoms with E-state index in [2.05, 4.69) is 44.9 Å². The first-order chi connectivity index (χ1) is 13.5. The monoisotopic (exact) mass is 404 g/mol. The summed E-state index contributed by atoms with van der Waals surface area (Å²) in [5.74, 6) is 2.40. The van der Waals surface area contributed by atoms with E-state index in [1.54, 1.807) is 11.3 Å². The maximum atomic E-state index is 12.1. The second-order valence-corrected chi connectivity index (χ2v) is 8.16.